The van der Waals surface area contributed by atoms with Crippen LogP contribution in [-0.4, -0.2) is 41.0 Å². The highest BCUT2D eigenvalue weighted by atomic mass is 16.5. The number of nitriles is 1. The minimum atomic E-state index is 0.0880. The predicted octanol–water partition coefficient (Wildman–Crippen LogP) is 4.95. The summed E-state index contributed by atoms with van der Waals surface area (Å²) in [7, 11) is 1.56. The van der Waals surface area contributed by atoms with E-state index in [1.807, 2.05) is 42.5 Å². The number of aliphatic imine (C=N–C) groups is 1. The molecule has 0 unspecified atom stereocenters. The standard InChI is InChI=1S/C39H28N8O2/c1-48-35-21-34-31(33(46-39(42)47-34)14-9-24-2-4-26(22-40)5-3-24)20-36(35)49-23-27-10-15-32-30(18-27)29(19-37(41)45-32)13-8-25-6-11-28(12-7-25)38-43-16-17-44-38/h2-7,10-12,15,18-21H,16-17,23H2,1H3,(H2,41,45)(H,43,44)(H2,42,46,47). The van der Waals surface area contributed by atoms with E-state index in [4.69, 9.17) is 26.2 Å². The molecule has 10 nitrogen and oxygen atoms in total. The van der Waals surface area contributed by atoms with Crippen LogP contribution in [0.25, 0.3) is 21.8 Å². The molecule has 0 amide bonds. The Kier molecular flexibility index (Phi) is 8.31. The number of rotatable bonds is 5. The zero-order valence-electron chi connectivity index (χ0n) is 26.4. The molecule has 0 aliphatic carbocycles. The van der Waals surface area contributed by atoms with Crippen LogP contribution in [0.15, 0.2) is 89.9 Å². The Morgan fingerprint density at radius 3 is 2.24 bits per heavy atom. The van der Waals surface area contributed by atoms with E-state index < -0.39 is 0 Å². The summed E-state index contributed by atoms with van der Waals surface area (Å²) < 4.78 is 11.9. The molecule has 6 aromatic rings. The van der Waals surface area contributed by atoms with E-state index in [0.717, 1.165) is 57.6 Å². The fourth-order valence-electron chi connectivity index (χ4n) is 5.37. The van der Waals surface area contributed by atoms with Crippen molar-refractivity contribution in [3.8, 4) is 41.2 Å². The number of methoxy groups -OCH3 is 1. The second-order valence-corrected chi connectivity index (χ2v) is 11.1. The zero-order chi connectivity index (χ0) is 33.7. The number of ether oxygens (including phenoxy) is 2. The maximum absolute atomic E-state index is 9.08. The number of hydrogen-bond acceptors (Lipinski definition) is 10. The van der Waals surface area contributed by atoms with Gasteiger partial charge >= 0.3 is 0 Å². The van der Waals surface area contributed by atoms with Crippen molar-refractivity contribution in [2.75, 3.05) is 31.7 Å². The molecular formula is C39H28N8O2. The summed E-state index contributed by atoms with van der Waals surface area (Å²) in [5, 5.41) is 13.9. The largest absolute Gasteiger partial charge is 0.493 e. The molecule has 236 valence electrons. The summed E-state index contributed by atoms with van der Waals surface area (Å²) in [5.74, 6) is 15.1. The van der Waals surface area contributed by atoms with E-state index in [-0.39, 0.29) is 12.6 Å². The number of nitrogens with zero attached hydrogens (tertiary/aromatic N) is 5. The molecule has 1 aliphatic heterocycles. The quantitative estimate of drug-likeness (QED) is 0.222. The molecular weight excluding hydrogens is 612 g/mol. The summed E-state index contributed by atoms with van der Waals surface area (Å²) in [4.78, 5) is 17.8. The van der Waals surface area contributed by atoms with Crippen molar-refractivity contribution in [3.05, 3.63) is 124 Å². The maximum Gasteiger partial charge on any atom is 0.221 e. The minimum absolute atomic E-state index is 0.0880. The van der Waals surface area contributed by atoms with Gasteiger partial charge in [-0.15, -0.1) is 0 Å². The van der Waals surface area contributed by atoms with Crippen molar-refractivity contribution in [1.29, 1.82) is 5.26 Å². The van der Waals surface area contributed by atoms with Crippen molar-refractivity contribution >= 4 is 39.4 Å². The van der Waals surface area contributed by atoms with Gasteiger partial charge in [0.1, 0.15) is 24.0 Å². The number of pyridine rings is 1. The Bertz CT molecular complexity index is 2440. The third kappa shape index (κ3) is 6.73. The Labute approximate surface area is 282 Å². The Hall–Kier alpha value is -7.09. The normalized spacial score (nSPS) is 11.8. The highest BCUT2D eigenvalue weighted by molar-refractivity contribution is 5.99. The van der Waals surface area contributed by atoms with Crippen LogP contribution in [-0.2, 0) is 6.61 Å². The van der Waals surface area contributed by atoms with Crippen LogP contribution in [0.2, 0.25) is 0 Å². The Morgan fingerprint density at radius 1 is 0.755 bits per heavy atom. The van der Waals surface area contributed by atoms with Gasteiger partial charge in [0, 0.05) is 45.6 Å². The van der Waals surface area contributed by atoms with E-state index in [0.29, 0.717) is 39.5 Å². The molecule has 3 heterocycles. The van der Waals surface area contributed by atoms with Crippen molar-refractivity contribution in [1.82, 2.24) is 20.3 Å². The maximum atomic E-state index is 9.08. The SMILES string of the molecule is COc1cc2nc(N)nc(C#Cc3ccc(C#N)cc3)c2cc1OCc1ccc2nc(N)cc(C#Cc3ccc(C4=NCCN4)cc3)c2c1. The lowest BCUT2D eigenvalue weighted by molar-refractivity contribution is 0.285. The summed E-state index contributed by atoms with van der Waals surface area (Å²) >= 11 is 0. The molecule has 5 N–H and O–H groups in total. The fraction of sp³-hybridized carbons (Fsp3) is 0.103. The van der Waals surface area contributed by atoms with E-state index in [2.05, 4.69) is 55.0 Å². The third-order valence-corrected chi connectivity index (χ3v) is 7.80. The van der Waals surface area contributed by atoms with Gasteiger partial charge in [-0.25, -0.2) is 15.0 Å². The fourth-order valence-corrected chi connectivity index (χ4v) is 5.37. The zero-order valence-corrected chi connectivity index (χ0v) is 26.4. The molecule has 0 saturated carbocycles. The lowest BCUT2D eigenvalue weighted by atomic mass is 10.1. The predicted molar refractivity (Wildman–Crippen MR) is 190 cm³/mol. The monoisotopic (exact) mass is 640 g/mol. The summed E-state index contributed by atoms with van der Waals surface area (Å²) in [6, 6.07) is 28.3. The number of amidine groups is 1. The highest BCUT2D eigenvalue weighted by Gasteiger charge is 2.14. The Balaban J connectivity index is 1.17. The molecule has 0 fully saturated rings. The van der Waals surface area contributed by atoms with Gasteiger partial charge in [-0.2, -0.15) is 5.26 Å². The topological polar surface area (TPSA) is 157 Å². The second-order valence-electron chi connectivity index (χ2n) is 11.1. The number of fused-ring (bicyclic) bond motifs is 2. The number of nitrogens with one attached hydrogen (secondary N) is 1. The first-order valence-corrected chi connectivity index (χ1v) is 15.4. The number of aromatic nitrogens is 3. The molecule has 0 saturated heterocycles. The smallest absolute Gasteiger partial charge is 0.221 e. The van der Waals surface area contributed by atoms with Crippen LogP contribution >= 0.6 is 0 Å². The van der Waals surface area contributed by atoms with Gasteiger partial charge in [0.15, 0.2) is 11.5 Å². The summed E-state index contributed by atoms with van der Waals surface area (Å²) in [6.07, 6.45) is 0. The first-order chi connectivity index (χ1) is 23.9. The molecule has 7 rings (SSSR count). The van der Waals surface area contributed by atoms with E-state index in [1.54, 1.807) is 49.6 Å². The average molecular weight is 641 g/mol. The van der Waals surface area contributed by atoms with Gasteiger partial charge in [-0.3, -0.25) is 4.99 Å². The van der Waals surface area contributed by atoms with Gasteiger partial charge in [-0.1, -0.05) is 36.0 Å². The molecule has 0 radical (unpaired) electrons. The molecule has 10 heteroatoms. The first kappa shape index (κ1) is 30.6. The van der Waals surface area contributed by atoms with Crippen molar-refractivity contribution in [2.45, 2.75) is 6.61 Å². The molecule has 49 heavy (non-hydrogen) atoms. The number of nitrogen functional groups attached to an aromatic ring is 2. The van der Waals surface area contributed by atoms with E-state index in [9.17, 15) is 0 Å². The average Bonchev–Trinajstić information content (AvgIpc) is 3.67. The third-order valence-electron chi connectivity index (χ3n) is 7.80. The van der Waals surface area contributed by atoms with Crippen molar-refractivity contribution < 1.29 is 9.47 Å². The van der Waals surface area contributed by atoms with Crippen molar-refractivity contribution in [3.63, 3.8) is 0 Å². The lowest BCUT2D eigenvalue weighted by Crippen LogP contribution is -2.19. The van der Waals surface area contributed by atoms with Crippen LogP contribution in [0.4, 0.5) is 11.8 Å². The van der Waals surface area contributed by atoms with Crippen LogP contribution in [0.5, 0.6) is 11.5 Å². The Morgan fingerprint density at radius 2 is 1.51 bits per heavy atom. The van der Waals surface area contributed by atoms with Gasteiger partial charge in [0.2, 0.25) is 5.95 Å². The number of benzene rings is 4. The van der Waals surface area contributed by atoms with Crippen LogP contribution in [0, 0.1) is 35.0 Å². The van der Waals surface area contributed by atoms with E-state index >= 15 is 0 Å². The van der Waals surface area contributed by atoms with Crippen LogP contribution < -0.4 is 26.3 Å². The van der Waals surface area contributed by atoms with Gasteiger partial charge in [0.25, 0.3) is 0 Å². The molecule has 0 bridgehead atoms. The molecule has 0 atom stereocenters. The van der Waals surface area contributed by atoms with Gasteiger partial charge in [-0.05, 0) is 72.1 Å². The minimum Gasteiger partial charge on any atom is -0.493 e. The number of hydrogen-bond donors (Lipinski definition) is 3. The molecule has 0 spiro atoms. The summed E-state index contributed by atoms with van der Waals surface area (Å²) in [6.45, 7) is 1.88. The number of anilines is 2. The second kappa shape index (κ2) is 13.3. The van der Waals surface area contributed by atoms with Crippen molar-refractivity contribution in [2.24, 2.45) is 4.99 Å². The number of nitrogens with two attached hydrogens (primary N) is 2. The molecule has 1 aliphatic rings. The van der Waals surface area contributed by atoms with Crippen LogP contribution in [0.3, 0.4) is 0 Å². The lowest BCUT2D eigenvalue weighted by Gasteiger charge is -2.13. The van der Waals surface area contributed by atoms with E-state index in [1.165, 1.54) is 0 Å². The highest BCUT2D eigenvalue weighted by Crippen LogP contribution is 2.34. The molecule has 4 aromatic carbocycles. The summed E-state index contributed by atoms with van der Waals surface area (Å²) in [5.41, 5.74) is 18.8. The van der Waals surface area contributed by atoms with Gasteiger partial charge in [0.05, 0.1) is 36.3 Å². The molecule has 2 aromatic heterocycles. The van der Waals surface area contributed by atoms with Crippen LogP contribution in [0.1, 0.15) is 39.1 Å². The first-order valence-electron chi connectivity index (χ1n) is 15.4. The van der Waals surface area contributed by atoms with Gasteiger partial charge < -0.3 is 26.3 Å².